The van der Waals surface area contributed by atoms with Gasteiger partial charge in [-0.25, -0.2) is 4.79 Å². The first-order valence-electron chi connectivity index (χ1n) is 7.97. The minimum atomic E-state index is -0.968. The van der Waals surface area contributed by atoms with Crippen LogP contribution < -0.4 is 10.5 Å². The van der Waals surface area contributed by atoms with Crippen LogP contribution in [0.3, 0.4) is 0 Å². The van der Waals surface area contributed by atoms with Gasteiger partial charge in [0.25, 0.3) is 0 Å². The number of phenolic OH excluding ortho intramolecular Hbond substituents is 1. The van der Waals surface area contributed by atoms with Crippen LogP contribution in [0.4, 0.5) is 0 Å². The SMILES string of the molecule is COc1ccc(C[C@H](N)C(=O)OCC(=O)OCc2ccccc2)cc1O. The van der Waals surface area contributed by atoms with Crippen molar-refractivity contribution in [2.75, 3.05) is 13.7 Å². The maximum atomic E-state index is 11.9. The quantitative estimate of drug-likeness (QED) is 0.689. The fourth-order valence-electron chi connectivity index (χ4n) is 2.22. The summed E-state index contributed by atoms with van der Waals surface area (Å²) < 4.78 is 14.8. The van der Waals surface area contributed by atoms with Crippen molar-refractivity contribution in [1.29, 1.82) is 0 Å². The van der Waals surface area contributed by atoms with Gasteiger partial charge in [-0.05, 0) is 29.7 Å². The molecule has 0 saturated heterocycles. The van der Waals surface area contributed by atoms with E-state index in [9.17, 15) is 14.7 Å². The lowest BCUT2D eigenvalue weighted by molar-refractivity contribution is -0.160. The molecule has 3 N–H and O–H groups in total. The van der Waals surface area contributed by atoms with E-state index in [1.54, 1.807) is 12.1 Å². The number of hydrogen-bond donors (Lipinski definition) is 2. The van der Waals surface area contributed by atoms with E-state index in [0.29, 0.717) is 11.3 Å². The molecule has 1 atom stereocenters. The number of nitrogens with two attached hydrogens (primary N) is 1. The number of aromatic hydroxyl groups is 1. The topological polar surface area (TPSA) is 108 Å². The van der Waals surface area contributed by atoms with E-state index < -0.39 is 24.6 Å². The lowest BCUT2D eigenvalue weighted by Gasteiger charge is -2.12. The van der Waals surface area contributed by atoms with Crippen molar-refractivity contribution in [1.82, 2.24) is 0 Å². The molecule has 0 bridgehead atoms. The second-order valence-corrected chi connectivity index (χ2v) is 5.57. The Morgan fingerprint density at radius 3 is 2.46 bits per heavy atom. The van der Waals surface area contributed by atoms with Crippen molar-refractivity contribution in [2.45, 2.75) is 19.1 Å². The Balaban J connectivity index is 1.76. The standard InChI is InChI=1S/C19H21NO6/c1-24-17-8-7-14(10-16(17)21)9-15(20)19(23)26-12-18(22)25-11-13-5-3-2-4-6-13/h2-8,10,15,21H,9,11-12,20H2,1H3/t15-/m0/s1. The molecule has 2 aromatic carbocycles. The van der Waals surface area contributed by atoms with Crippen LogP contribution in [0, 0.1) is 0 Å². The monoisotopic (exact) mass is 359 g/mol. The highest BCUT2D eigenvalue weighted by atomic mass is 16.6. The van der Waals surface area contributed by atoms with Crippen molar-refractivity contribution in [3.63, 3.8) is 0 Å². The molecule has 7 heteroatoms. The molecule has 0 aliphatic heterocycles. The highest BCUT2D eigenvalue weighted by molar-refractivity contribution is 5.79. The Morgan fingerprint density at radius 1 is 1.08 bits per heavy atom. The fourth-order valence-corrected chi connectivity index (χ4v) is 2.22. The molecule has 26 heavy (non-hydrogen) atoms. The van der Waals surface area contributed by atoms with Crippen LogP contribution in [-0.4, -0.2) is 36.8 Å². The Kier molecular flexibility index (Phi) is 6.99. The highest BCUT2D eigenvalue weighted by Gasteiger charge is 2.18. The van der Waals surface area contributed by atoms with Crippen molar-refractivity contribution >= 4 is 11.9 Å². The molecular formula is C19H21NO6. The zero-order valence-corrected chi connectivity index (χ0v) is 14.4. The molecule has 0 heterocycles. The molecule has 0 radical (unpaired) electrons. The van der Waals surface area contributed by atoms with Crippen molar-refractivity contribution in [2.24, 2.45) is 5.73 Å². The maximum absolute atomic E-state index is 11.9. The summed E-state index contributed by atoms with van der Waals surface area (Å²) in [5.41, 5.74) is 7.26. The molecule has 7 nitrogen and oxygen atoms in total. The van der Waals surface area contributed by atoms with Crippen molar-refractivity contribution < 1.29 is 28.9 Å². The van der Waals surface area contributed by atoms with E-state index >= 15 is 0 Å². The van der Waals surface area contributed by atoms with Crippen LogP contribution in [0.5, 0.6) is 11.5 Å². The van der Waals surface area contributed by atoms with Gasteiger partial charge in [-0.1, -0.05) is 36.4 Å². The van der Waals surface area contributed by atoms with Gasteiger partial charge in [0.1, 0.15) is 12.6 Å². The number of rotatable bonds is 8. The largest absolute Gasteiger partial charge is 0.504 e. The zero-order valence-electron chi connectivity index (χ0n) is 14.4. The van der Waals surface area contributed by atoms with Gasteiger partial charge in [0.2, 0.25) is 0 Å². The molecule has 0 aliphatic carbocycles. The second kappa shape index (κ2) is 9.43. The fraction of sp³-hybridized carbons (Fsp3) is 0.263. The molecule has 0 fully saturated rings. The third-order valence-corrected chi connectivity index (χ3v) is 3.58. The lowest BCUT2D eigenvalue weighted by atomic mass is 10.1. The third-order valence-electron chi connectivity index (χ3n) is 3.58. The first kappa shape index (κ1) is 19.3. The Hall–Kier alpha value is -3.06. The molecular weight excluding hydrogens is 338 g/mol. The van der Waals surface area contributed by atoms with Crippen LogP contribution in [0.2, 0.25) is 0 Å². The number of ether oxygens (including phenoxy) is 3. The summed E-state index contributed by atoms with van der Waals surface area (Å²) in [7, 11) is 1.44. The normalized spacial score (nSPS) is 11.5. The van der Waals surface area contributed by atoms with Gasteiger partial charge in [-0.2, -0.15) is 0 Å². The molecule has 0 amide bonds. The van der Waals surface area contributed by atoms with Crippen LogP contribution >= 0.6 is 0 Å². The van der Waals surface area contributed by atoms with Gasteiger partial charge < -0.3 is 25.1 Å². The summed E-state index contributed by atoms with van der Waals surface area (Å²) in [4.78, 5) is 23.5. The Morgan fingerprint density at radius 2 is 1.81 bits per heavy atom. The molecule has 0 aromatic heterocycles. The average Bonchev–Trinajstić information content (AvgIpc) is 2.65. The minimum Gasteiger partial charge on any atom is -0.504 e. The van der Waals surface area contributed by atoms with Gasteiger partial charge in [-0.15, -0.1) is 0 Å². The van der Waals surface area contributed by atoms with Gasteiger partial charge in [-0.3, -0.25) is 4.79 Å². The lowest BCUT2D eigenvalue weighted by Crippen LogP contribution is -2.35. The maximum Gasteiger partial charge on any atom is 0.344 e. The second-order valence-electron chi connectivity index (χ2n) is 5.57. The van der Waals surface area contributed by atoms with Crippen molar-refractivity contribution in [3.8, 4) is 11.5 Å². The van der Waals surface area contributed by atoms with Gasteiger partial charge in [0, 0.05) is 0 Å². The molecule has 2 rings (SSSR count). The van der Waals surface area contributed by atoms with E-state index in [1.165, 1.54) is 13.2 Å². The summed E-state index contributed by atoms with van der Waals surface area (Å²) in [6.45, 7) is -0.401. The van der Waals surface area contributed by atoms with Gasteiger partial charge in [0.05, 0.1) is 7.11 Å². The van der Waals surface area contributed by atoms with Crippen LogP contribution in [0.25, 0.3) is 0 Å². The summed E-state index contributed by atoms with van der Waals surface area (Å²) in [6.07, 6.45) is 0.148. The summed E-state index contributed by atoms with van der Waals surface area (Å²) in [5.74, 6) is -1.10. The molecule has 2 aromatic rings. The number of phenols is 1. The molecule has 0 aliphatic rings. The number of benzene rings is 2. The van der Waals surface area contributed by atoms with Gasteiger partial charge >= 0.3 is 11.9 Å². The minimum absolute atomic E-state index is 0.0462. The Bertz CT molecular complexity index is 747. The smallest absolute Gasteiger partial charge is 0.344 e. The average molecular weight is 359 g/mol. The summed E-state index contributed by atoms with van der Waals surface area (Å²) in [6, 6.07) is 12.9. The molecule has 138 valence electrons. The van der Waals surface area contributed by atoms with Crippen molar-refractivity contribution in [3.05, 3.63) is 59.7 Å². The number of hydrogen-bond acceptors (Lipinski definition) is 7. The zero-order chi connectivity index (χ0) is 18.9. The number of methoxy groups -OCH3 is 1. The van der Waals surface area contributed by atoms with E-state index in [-0.39, 0.29) is 18.8 Å². The van der Waals surface area contributed by atoms with Crippen LogP contribution in [0.1, 0.15) is 11.1 Å². The molecule has 0 saturated carbocycles. The number of esters is 2. The van der Waals surface area contributed by atoms with Crippen LogP contribution in [0.15, 0.2) is 48.5 Å². The molecule has 0 unspecified atom stereocenters. The molecule has 0 spiro atoms. The highest BCUT2D eigenvalue weighted by Crippen LogP contribution is 2.26. The van der Waals surface area contributed by atoms with E-state index in [1.807, 2.05) is 30.3 Å². The number of carbonyl (C=O) groups is 2. The van der Waals surface area contributed by atoms with Crippen LogP contribution in [-0.2, 0) is 32.1 Å². The Labute approximate surface area is 151 Å². The van der Waals surface area contributed by atoms with Gasteiger partial charge in [0.15, 0.2) is 18.1 Å². The third kappa shape index (κ3) is 5.78. The first-order chi connectivity index (χ1) is 12.5. The first-order valence-corrected chi connectivity index (χ1v) is 7.97. The van der Waals surface area contributed by atoms with E-state index in [4.69, 9.17) is 19.9 Å². The predicted octanol–water partition coefficient (Wildman–Crippen LogP) is 1.56. The van der Waals surface area contributed by atoms with E-state index in [0.717, 1.165) is 5.56 Å². The summed E-state index contributed by atoms with van der Waals surface area (Å²) in [5, 5.41) is 9.73. The summed E-state index contributed by atoms with van der Waals surface area (Å²) >= 11 is 0. The predicted molar refractivity (Wildman–Crippen MR) is 93.5 cm³/mol. The van der Waals surface area contributed by atoms with E-state index in [2.05, 4.69) is 0 Å². The number of carbonyl (C=O) groups excluding carboxylic acids is 2.